The summed E-state index contributed by atoms with van der Waals surface area (Å²) >= 11 is 1.34. The van der Waals surface area contributed by atoms with Gasteiger partial charge in [0, 0.05) is 27.5 Å². The number of anilines is 1. The van der Waals surface area contributed by atoms with Gasteiger partial charge in [0.2, 0.25) is 5.91 Å². The van der Waals surface area contributed by atoms with Crippen LogP contribution < -0.4 is 15.8 Å². The van der Waals surface area contributed by atoms with Crippen LogP contribution in [0.3, 0.4) is 0 Å². The fourth-order valence-corrected chi connectivity index (χ4v) is 4.59. The number of amides is 2. The Morgan fingerprint density at radius 1 is 1.17 bits per heavy atom. The molecular weight excluding hydrogens is 400 g/mol. The minimum absolute atomic E-state index is 0.106. The van der Waals surface area contributed by atoms with Crippen LogP contribution >= 0.6 is 11.3 Å². The second-order valence-electron chi connectivity index (χ2n) is 6.82. The van der Waals surface area contributed by atoms with Crippen molar-refractivity contribution in [2.24, 2.45) is 5.73 Å². The summed E-state index contributed by atoms with van der Waals surface area (Å²) in [7, 11) is 1.58. The summed E-state index contributed by atoms with van der Waals surface area (Å²) in [6.45, 7) is 1.91. The van der Waals surface area contributed by atoms with Crippen molar-refractivity contribution in [3.63, 3.8) is 0 Å². The Morgan fingerprint density at radius 3 is 2.63 bits per heavy atom. The van der Waals surface area contributed by atoms with Crippen LogP contribution in [0, 0.1) is 6.92 Å². The lowest BCUT2D eigenvalue weighted by atomic mass is 10.0. The average molecular weight is 420 g/mol. The van der Waals surface area contributed by atoms with Crippen molar-refractivity contribution in [3.05, 3.63) is 70.8 Å². The third kappa shape index (κ3) is 3.67. The summed E-state index contributed by atoms with van der Waals surface area (Å²) in [5, 5.41) is 4.16. The SMILES string of the molecule is COc1ccc2c(CC(=O)Nc3sc(C)c(-c4ccccc4)c3C(N)=O)coc2c1. The molecule has 0 saturated heterocycles. The van der Waals surface area contributed by atoms with Gasteiger partial charge in [0.15, 0.2) is 0 Å². The summed E-state index contributed by atoms with van der Waals surface area (Å²) < 4.78 is 10.7. The Morgan fingerprint density at radius 2 is 1.93 bits per heavy atom. The van der Waals surface area contributed by atoms with Crippen LogP contribution in [0.2, 0.25) is 0 Å². The Kier molecular flexibility index (Phi) is 5.29. The zero-order chi connectivity index (χ0) is 21.3. The number of thiophene rings is 1. The highest BCUT2D eigenvalue weighted by molar-refractivity contribution is 7.17. The third-order valence-electron chi connectivity index (χ3n) is 4.86. The van der Waals surface area contributed by atoms with Crippen LogP contribution in [-0.2, 0) is 11.2 Å². The average Bonchev–Trinajstić information content (AvgIpc) is 3.28. The topological polar surface area (TPSA) is 94.6 Å². The summed E-state index contributed by atoms with van der Waals surface area (Å²) in [4.78, 5) is 25.9. The van der Waals surface area contributed by atoms with Crippen molar-refractivity contribution >= 4 is 39.1 Å². The van der Waals surface area contributed by atoms with Crippen LogP contribution in [0.1, 0.15) is 20.8 Å². The third-order valence-corrected chi connectivity index (χ3v) is 5.88. The zero-order valence-electron chi connectivity index (χ0n) is 16.5. The van der Waals surface area contributed by atoms with E-state index in [4.69, 9.17) is 14.9 Å². The number of hydrogen-bond donors (Lipinski definition) is 2. The molecule has 0 aliphatic rings. The van der Waals surface area contributed by atoms with Crippen LogP contribution in [0.5, 0.6) is 5.75 Å². The van der Waals surface area contributed by atoms with Crippen LogP contribution in [0.15, 0.2) is 59.2 Å². The van der Waals surface area contributed by atoms with Gasteiger partial charge in [0.25, 0.3) is 5.91 Å². The van der Waals surface area contributed by atoms with E-state index < -0.39 is 5.91 Å². The maximum Gasteiger partial charge on any atom is 0.252 e. The highest BCUT2D eigenvalue weighted by Crippen LogP contribution is 2.39. The Labute approximate surface area is 177 Å². The first-order valence-electron chi connectivity index (χ1n) is 9.30. The number of fused-ring (bicyclic) bond motifs is 1. The maximum absolute atomic E-state index is 12.8. The maximum atomic E-state index is 12.8. The molecule has 2 heterocycles. The van der Waals surface area contributed by atoms with Crippen molar-refractivity contribution in [2.75, 3.05) is 12.4 Å². The second-order valence-corrected chi connectivity index (χ2v) is 8.04. The Bertz CT molecular complexity index is 1240. The molecule has 0 unspecified atom stereocenters. The molecule has 152 valence electrons. The number of benzene rings is 2. The number of rotatable bonds is 6. The van der Waals surface area contributed by atoms with Crippen molar-refractivity contribution in [1.29, 1.82) is 0 Å². The number of carbonyl (C=O) groups is 2. The molecule has 4 rings (SSSR count). The Hall–Kier alpha value is -3.58. The van der Waals surface area contributed by atoms with Crippen molar-refractivity contribution in [3.8, 4) is 16.9 Å². The van der Waals surface area contributed by atoms with E-state index in [0.29, 0.717) is 21.9 Å². The number of furan rings is 1. The number of ether oxygens (including phenoxy) is 1. The molecular formula is C23H20N2O4S. The van der Waals surface area contributed by atoms with Gasteiger partial charge in [-0.15, -0.1) is 11.3 Å². The van der Waals surface area contributed by atoms with E-state index >= 15 is 0 Å². The monoisotopic (exact) mass is 420 g/mol. The standard InChI is InChI=1S/C23H20N2O4S/c1-13-20(14-6-4-3-5-7-14)21(22(24)27)23(30-13)25-19(26)10-15-12-29-18-11-16(28-2)8-9-17(15)18/h3-9,11-12H,10H2,1-2H3,(H2,24,27)(H,25,26). The van der Waals surface area contributed by atoms with Gasteiger partial charge in [-0.3, -0.25) is 9.59 Å². The molecule has 3 N–H and O–H groups in total. The fraction of sp³-hybridized carbons (Fsp3) is 0.130. The quantitative estimate of drug-likeness (QED) is 0.470. The zero-order valence-corrected chi connectivity index (χ0v) is 17.3. The largest absolute Gasteiger partial charge is 0.497 e. The van der Waals surface area contributed by atoms with Gasteiger partial charge >= 0.3 is 0 Å². The Balaban J connectivity index is 1.62. The molecule has 4 aromatic rings. The molecule has 0 bridgehead atoms. The number of hydrogen-bond acceptors (Lipinski definition) is 5. The first kappa shape index (κ1) is 19.7. The lowest BCUT2D eigenvalue weighted by Gasteiger charge is -2.07. The van der Waals surface area contributed by atoms with Crippen LogP contribution in [0.4, 0.5) is 5.00 Å². The number of carbonyl (C=O) groups excluding carboxylic acids is 2. The van der Waals surface area contributed by atoms with Crippen molar-refractivity contribution in [2.45, 2.75) is 13.3 Å². The number of primary amides is 1. The van der Waals surface area contributed by atoms with Crippen LogP contribution in [0.25, 0.3) is 22.1 Å². The number of methoxy groups -OCH3 is 1. The number of nitrogens with two attached hydrogens (primary N) is 1. The highest BCUT2D eigenvalue weighted by Gasteiger charge is 2.23. The summed E-state index contributed by atoms with van der Waals surface area (Å²) in [6, 6.07) is 15.0. The second kappa shape index (κ2) is 8.04. The molecule has 0 aliphatic heterocycles. The van der Waals surface area contributed by atoms with E-state index in [1.54, 1.807) is 19.4 Å². The van der Waals surface area contributed by atoms with Crippen molar-refractivity contribution in [1.82, 2.24) is 0 Å². The first-order valence-corrected chi connectivity index (χ1v) is 10.1. The van der Waals surface area contributed by atoms with E-state index in [1.165, 1.54) is 11.3 Å². The molecule has 2 aromatic carbocycles. The molecule has 0 fully saturated rings. The predicted octanol–water partition coefficient (Wildman–Crippen LogP) is 4.76. The van der Waals surface area contributed by atoms with Crippen LogP contribution in [-0.4, -0.2) is 18.9 Å². The summed E-state index contributed by atoms with van der Waals surface area (Å²) in [6.07, 6.45) is 1.67. The number of nitrogens with one attached hydrogen (secondary N) is 1. The molecule has 0 radical (unpaired) electrons. The lowest BCUT2D eigenvalue weighted by Crippen LogP contribution is -2.18. The fourth-order valence-electron chi connectivity index (χ4n) is 3.49. The minimum Gasteiger partial charge on any atom is -0.497 e. The smallest absolute Gasteiger partial charge is 0.252 e. The van der Waals surface area contributed by atoms with Gasteiger partial charge in [-0.1, -0.05) is 30.3 Å². The molecule has 30 heavy (non-hydrogen) atoms. The molecule has 7 heteroatoms. The van der Waals surface area contributed by atoms with E-state index in [1.807, 2.05) is 49.4 Å². The van der Waals surface area contributed by atoms with E-state index in [-0.39, 0.29) is 12.3 Å². The summed E-state index contributed by atoms with van der Waals surface area (Å²) in [5.41, 5.74) is 9.04. The normalized spacial score (nSPS) is 10.9. The lowest BCUT2D eigenvalue weighted by molar-refractivity contribution is -0.115. The van der Waals surface area contributed by atoms with Gasteiger partial charge in [-0.2, -0.15) is 0 Å². The van der Waals surface area contributed by atoms with E-state index in [2.05, 4.69) is 5.32 Å². The number of aryl methyl sites for hydroxylation is 1. The van der Waals surface area contributed by atoms with Gasteiger partial charge in [-0.25, -0.2) is 0 Å². The van der Waals surface area contributed by atoms with Gasteiger partial charge in [-0.05, 0) is 24.6 Å². The molecule has 2 aromatic heterocycles. The van der Waals surface area contributed by atoms with E-state index in [0.717, 1.165) is 27.0 Å². The summed E-state index contributed by atoms with van der Waals surface area (Å²) in [5.74, 6) is -0.146. The molecule has 0 spiro atoms. The van der Waals surface area contributed by atoms with E-state index in [9.17, 15) is 9.59 Å². The van der Waals surface area contributed by atoms with Crippen molar-refractivity contribution < 1.29 is 18.7 Å². The predicted molar refractivity (Wildman–Crippen MR) is 118 cm³/mol. The molecule has 0 aliphatic carbocycles. The van der Waals surface area contributed by atoms with Gasteiger partial charge in [0.1, 0.15) is 16.3 Å². The molecule has 0 saturated carbocycles. The van der Waals surface area contributed by atoms with Gasteiger partial charge in [0.05, 0.1) is 25.4 Å². The first-order chi connectivity index (χ1) is 14.5. The minimum atomic E-state index is -0.575. The molecule has 2 amide bonds. The molecule has 0 atom stereocenters. The molecule has 6 nitrogen and oxygen atoms in total. The van der Waals surface area contributed by atoms with Gasteiger partial charge < -0.3 is 20.2 Å². The highest BCUT2D eigenvalue weighted by atomic mass is 32.1.